The molecule has 2 aliphatic rings. The summed E-state index contributed by atoms with van der Waals surface area (Å²) in [5.74, 6) is 1.63. The van der Waals surface area contributed by atoms with E-state index in [4.69, 9.17) is 13.9 Å². The van der Waals surface area contributed by atoms with Crippen LogP contribution < -0.4 is 10.6 Å². The van der Waals surface area contributed by atoms with Gasteiger partial charge in [-0.3, -0.25) is 9.89 Å². The minimum absolute atomic E-state index is 0.228. The minimum Gasteiger partial charge on any atom is -0.469 e. The lowest BCUT2D eigenvalue weighted by atomic mass is 10.1. The maximum Gasteiger partial charge on any atom is 0.191 e. The minimum atomic E-state index is -0.892. The molecule has 2 atom stereocenters. The summed E-state index contributed by atoms with van der Waals surface area (Å²) in [6.45, 7) is 8.16. The average molecular weight is 395 g/mol. The van der Waals surface area contributed by atoms with Gasteiger partial charge in [-0.2, -0.15) is 0 Å². The predicted molar refractivity (Wildman–Crippen MR) is 108 cm³/mol. The molecular weight excluding hydrogens is 360 g/mol. The van der Waals surface area contributed by atoms with Crippen LogP contribution in [-0.2, 0) is 15.9 Å². The van der Waals surface area contributed by atoms with Gasteiger partial charge in [0.1, 0.15) is 5.76 Å². The molecule has 0 saturated carbocycles. The summed E-state index contributed by atoms with van der Waals surface area (Å²) in [7, 11) is 0. The summed E-state index contributed by atoms with van der Waals surface area (Å²) in [5.41, 5.74) is -0.892. The molecule has 2 aliphatic heterocycles. The van der Waals surface area contributed by atoms with Gasteiger partial charge < -0.3 is 29.6 Å². The van der Waals surface area contributed by atoms with Crippen molar-refractivity contribution in [2.24, 2.45) is 4.99 Å². The van der Waals surface area contributed by atoms with Crippen LogP contribution in [0.5, 0.6) is 0 Å². The summed E-state index contributed by atoms with van der Waals surface area (Å²) >= 11 is 0. The molecule has 2 saturated heterocycles. The Bertz CT molecular complexity index is 579. The third-order valence-electron chi connectivity index (χ3n) is 5.01. The van der Waals surface area contributed by atoms with E-state index in [1.807, 2.05) is 19.1 Å². The Hall–Kier alpha value is -1.61. The van der Waals surface area contributed by atoms with Gasteiger partial charge in [0, 0.05) is 45.8 Å². The summed E-state index contributed by atoms with van der Waals surface area (Å²) < 4.78 is 16.4. The molecule has 2 fully saturated rings. The molecule has 3 heterocycles. The Morgan fingerprint density at radius 3 is 2.89 bits per heavy atom. The number of hydrogen-bond donors (Lipinski definition) is 3. The lowest BCUT2D eigenvalue weighted by molar-refractivity contribution is -0.0180. The quantitative estimate of drug-likeness (QED) is 0.418. The Balaban J connectivity index is 1.50. The van der Waals surface area contributed by atoms with E-state index in [1.54, 1.807) is 6.26 Å². The zero-order valence-electron chi connectivity index (χ0n) is 16.9. The smallest absolute Gasteiger partial charge is 0.191 e. The van der Waals surface area contributed by atoms with Crippen molar-refractivity contribution in [3.05, 3.63) is 24.2 Å². The van der Waals surface area contributed by atoms with Gasteiger partial charge in [-0.25, -0.2) is 0 Å². The van der Waals surface area contributed by atoms with E-state index in [9.17, 15) is 5.11 Å². The van der Waals surface area contributed by atoms with Crippen LogP contribution in [0.4, 0.5) is 0 Å². The Kier molecular flexibility index (Phi) is 8.14. The maximum absolute atomic E-state index is 10.8. The third kappa shape index (κ3) is 7.43. The molecule has 1 aromatic rings. The molecule has 8 heteroatoms. The second-order valence-electron chi connectivity index (χ2n) is 7.82. The standard InChI is InChI=1S/C20H34N4O4/c1-20(25,16-24-8-12-26-13-9-24)15-23-19(22-14-18-5-3-11-28-18)21-7-6-17-4-2-10-27-17/h2,4,10,18,25H,3,5-9,11-16H2,1H3,(H2,21,22,23). The normalized spacial score (nSPS) is 23.5. The van der Waals surface area contributed by atoms with Gasteiger partial charge in [0.25, 0.3) is 0 Å². The van der Waals surface area contributed by atoms with Crippen molar-refractivity contribution in [1.29, 1.82) is 0 Å². The number of hydrogen-bond acceptors (Lipinski definition) is 6. The van der Waals surface area contributed by atoms with Gasteiger partial charge in [-0.15, -0.1) is 0 Å². The summed E-state index contributed by atoms with van der Waals surface area (Å²) in [6, 6.07) is 3.86. The highest BCUT2D eigenvalue weighted by atomic mass is 16.5. The zero-order chi connectivity index (χ0) is 19.7. The first-order valence-electron chi connectivity index (χ1n) is 10.3. The van der Waals surface area contributed by atoms with Crippen LogP contribution in [0.25, 0.3) is 0 Å². The molecule has 158 valence electrons. The molecular formula is C20H34N4O4. The largest absolute Gasteiger partial charge is 0.469 e. The first-order chi connectivity index (χ1) is 13.6. The number of morpholine rings is 1. The van der Waals surface area contributed by atoms with Crippen LogP contribution in [0.3, 0.4) is 0 Å². The molecule has 0 aliphatic carbocycles. The van der Waals surface area contributed by atoms with E-state index in [0.29, 0.717) is 25.6 Å². The topological polar surface area (TPSA) is 91.5 Å². The second-order valence-corrected chi connectivity index (χ2v) is 7.82. The molecule has 0 spiro atoms. The fraction of sp³-hybridized carbons (Fsp3) is 0.750. The summed E-state index contributed by atoms with van der Waals surface area (Å²) in [4.78, 5) is 6.87. The van der Waals surface area contributed by atoms with E-state index < -0.39 is 5.60 Å². The third-order valence-corrected chi connectivity index (χ3v) is 5.01. The van der Waals surface area contributed by atoms with Gasteiger partial charge >= 0.3 is 0 Å². The van der Waals surface area contributed by atoms with Crippen LogP contribution in [-0.4, -0.2) is 86.8 Å². The second kappa shape index (κ2) is 10.8. The highest BCUT2D eigenvalue weighted by molar-refractivity contribution is 5.79. The highest BCUT2D eigenvalue weighted by Crippen LogP contribution is 2.11. The maximum atomic E-state index is 10.8. The van der Waals surface area contributed by atoms with Crippen molar-refractivity contribution in [3.8, 4) is 0 Å². The lowest BCUT2D eigenvalue weighted by Crippen LogP contribution is -2.48. The summed E-state index contributed by atoms with van der Waals surface area (Å²) in [5, 5.41) is 17.5. The SMILES string of the molecule is CC(O)(CN=C(NCCc1ccco1)NCC1CCCO1)CN1CCOCC1. The molecule has 3 rings (SSSR count). The molecule has 2 unspecified atom stereocenters. The number of β-amino-alcohol motifs (C(OH)–C–C–N with tert-alkyl or cyclic N) is 1. The van der Waals surface area contributed by atoms with E-state index in [0.717, 1.165) is 64.5 Å². The molecule has 0 radical (unpaired) electrons. The first kappa shape index (κ1) is 21.1. The number of guanidine groups is 1. The predicted octanol–water partition coefficient (Wildman–Crippen LogP) is 0.620. The molecule has 8 nitrogen and oxygen atoms in total. The molecule has 0 aromatic carbocycles. The van der Waals surface area contributed by atoms with Crippen molar-refractivity contribution < 1.29 is 19.0 Å². The Morgan fingerprint density at radius 2 is 2.18 bits per heavy atom. The number of aliphatic hydroxyl groups is 1. The molecule has 28 heavy (non-hydrogen) atoms. The van der Waals surface area contributed by atoms with E-state index >= 15 is 0 Å². The fourth-order valence-corrected chi connectivity index (χ4v) is 3.49. The van der Waals surface area contributed by atoms with Crippen molar-refractivity contribution in [2.45, 2.75) is 37.9 Å². The van der Waals surface area contributed by atoms with Crippen LogP contribution >= 0.6 is 0 Å². The van der Waals surface area contributed by atoms with Gasteiger partial charge in [0.05, 0.1) is 37.7 Å². The first-order valence-corrected chi connectivity index (χ1v) is 10.3. The van der Waals surface area contributed by atoms with Crippen LogP contribution in [0.2, 0.25) is 0 Å². The van der Waals surface area contributed by atoms with E-state index in [1.165, 1.54) is 0 Å². The van der Waals surface area contributed by atoms with E-state index in [-0.39, 0.29) is 6.10 Å². The van der Waals surface area contributed by atoms with Gasteiger partial charge in [-0.05, 0) is 31.9 Å². The molecule has 3 N–H and O–H groups in total. The molecule has 0 amide bonds. The van der Waals surface area contributed by atoms with Crippen molar-refractivity contribution in [2.75, 3.05) is 59.1 Å². The van der Waals surface area contributed by atoms with Crippen molar-refractivity contribution in [1.82, 2.24) is 15.5 Å². The highest BCUT2D eigenvalue weighted by Gasteiger charge is 2.25. The number of ether oxygens (including phenoxy) is 2. The number of aliphatic imine (C=N–C) groups is 1. The average Bonchev–Trinajstić information content (AvgIpc) is 3.38. The zero-order valence-corrected chi connectivity index (χ0v) is 16.9. The van der Waals surface area contributed by atoms with Crippen molar-refractivity contribution >= 4 is 5.96 Å². The Labute approximate surface area is 167 Å². The molecule has 1 aromatic heterocycles. The van der Waals surface area contributed by atoms with Crippen LogP contribution in [0.15, 0.2) is 27.8 Å². The van der Waals surface area contributed by atoms with Crippen molar-refractivity contribution in [3.63, 3.8) is 0 Å². The van der Waals surface area contributed by atoms with E-state index in [2.05, 4.69) is 20.5 Å². The summed E-state index contributed by atoms with van der Waals surface area (Å²) in [6.07, 6.45) is 4.87. The van der Waals surface area contributed by atoms with Gasteiger partial charge in [0.2, 0.25) is 0 Å². The van der Waals surface area contributed by atoms with Gasteiger partial charge in [-0.1, -0.05) is 0 Å². The fourth-order valence-electron chi connectivity index (χ4n) is 3.49. The number of nitrogens with one attached hydrogen (secondary N) is 2. The van der Waals surface area contributed by atoms with Crippen LogP contribution in [0.1, 0.15) is 25.5 Å². The van der Waals surface area contributed by atoms with Crippen LogP contribution in [0, 0.1) is 0 Å². The lowest BCUT2D eigenvalue weighted by Gasteiger charge is -2.33. The molecule has 0 bridgehead atoms. The monoisotopic (exact) mass is 394 g/mol. The van der Waals surface area contributed by atoms with Gasteiger partial charge in [0.15, 0.2) is 5.96 Å². The number of rotatable bonds is 9. The Morgan fingerprint density at radius 1 is 1.32 bits per heavy atom. The number of furan rings is 1. The number of nitrogens with zero attached hydrogens (tertiary/aromatic N) is 2.